The lowest BCUT2D eigenvalue weighted by Crippen LogP contribution is -2.46. The Bertz CT molecular complexity index is 1010. The average molecular weight is 467 g/mol. The number of aliphatic carboxylic acids is 1. The number of benzene rings is 2. The van der Waals surface area contributed by atoms with Crippen molar-refractivity contribution in [3.63, 3.8) is 0 Å². The highest BCUT2D eigenvalue weighted by Crippen LogP contribution is 2.44. The van der Waals surface area contributed by atoms with Crippen LogP contribution in [0.5, 0.6) is 0 Å². The summed E-state index contributed by atoms with van der Waals surface area (Å²) in [6, 6.07) is 15.1. The van der Waals surface area contributed by atoms with Gasteiger partial charge in [-0.15, -0.1) is 0 Å². The average Bonchev–Trinajstić information content (AvgIpc) is 3.44. The number of carbonyl (C=O) groups excluding carboxylic acids is 2. The lowest BCUT2D eigenvalue weighted by molar-refractivity contribution is -0.143. The van der Waals surface area contributed by atoms with Gasteiger partial charge in [-0.3, -0.25) is 4.79 Å². The molecule has 2 aliphatic rings. The van der Waals surface area contributed by atoms with Gasteiger partial charge in [0.2, 0.25) is 5.91 Å². The SMILES string of the molecule is O=C(NC[C@H]1CCC[C@H]1C(=O)N[C@@H](CCO)C(=O)O)OCC1c2ccccc2-c2ccccc21. The Morgan fingerprint density at radius 1 is 1.00 bits per heavy atom. The molecule has 2 aromatic carbocycles. The number of hydrogen-bond acceptors (Lipinski definition) is 5. The van der Waals surface area contributed by atoms with E-state index in [1.807, 2.05) is 24.3 Å². The highest BCUT2D eigenvalue weighted by atomic mass is 16.5. The van der Waals surface area contributed by atoms with Crippen LogP contribution in [0.2, 0.25) is 0 Å². The Morgan fingerprint density at radius 3 is 2.26 bits per heavy atom. The molecule has 8 nitrogen and oxygen atoms in total. The molecule has 2 amide bonds. The van der Waals surface area contributed by atoms with Crippen LogP contribution in [-0.2, 0) is 14.3 Å². The molecule has 180 valence electrons. The molecule has 0 heterocycles. The molecule has 4 rings (SSSR count). The molecule has 3 atom stereocenters. The summed E-state index contributed by atoms with van der Waals surface area (Å²) in [6.45, 7) is 0.178. The van der Waals surface area contributed by atoms with Gasteiger partial charge in [-0.05, 0) is 41.0 Å². The molecule has 34 heavy (non-hydrogen) atoms. The largest absolute Gasteiger partial charge is 0.480 e. The van der Waals surface area contributed by atoms with Crippen LogP contribution in [0, 0.1) is 11.8 Å². The second-order valence-corrected chi connectivity index (χ2v) is 8.92. The number of carboxylic acid groups (broad SMARTS) is 1. The summed E-state index contributed by atoms with van der Waals surface area (Å²) in [7, 11) is 0. The minimum absolute atomic E-state index is 0.0253. The molecule has 0 bridgehead atoms. The third-order valence-electron chi connectivity index (χ3n) is 6.88. The van der Waals surface area contributed by atoms with Gasteiger partial charge in [-0.1, -0.05) is 55.0 Å². The highest BCUT2D eigenvalue weighted by molar-refractivity contribution is 5.85. The van der Waals surface area contributed by atoms with Gasteiger partial charge in [0.25, 0.3) is 0 Å². The Morgan fingerprint density at radius 2 is 1.65 bits per heavy atom. The van der Waals surface area contributed by atoms with Gasteiger partial charge in [0.05, 0.1) is 0 Å². The van der Waals surface area contributed by atoms with E-state index in [-0.39, 0.29) is 49.8 Å². The molecular weight excluding hydrogens is 436 g/mol. The molecule has 2 aromatic rings. The number of amides is 2. The zero-order valence-corrected chi connectivity index (χ0v) is 18.9. The van der Waals surface area contributed by atoms with Gasteiger partial charge in [0, 0.05) is 31.4 Å². The maximum atomic E-state index is 12.6. The van der Waals surface area contributed by atoms with Crippen molar-refractivity contribution >= 4 is 18.0 Å². The first kappa shape index (κ1) is 23.8. The van der Waals surface area contributed by atoms with E-state index in [9.17, 15) is 19.5 Å². The summed E-state index contributed by atoms with van der Waals surface area (Å²) in [5, 5.41) is 23.5. The third kappa shape index (κ3) is 5.07. The van der Waals surface area contributed by atoms with Crippen molar-refractivity contribution in [2.45, 2.75) is 37.6 Å². The number of alkyl carbamates (subject to hydrolysis) is 1. The molecule has 0 aliphatic heterocycles. The van der Waals surface area contributed by atoms with Crippen molar-refractivity contribution in [2.24, 2.45) is 11.8 Å². The fourth-order valence-corrected chi connectivity index (χ4v) is 5.16. The predicted molar refractivity (Wildman–Crippen MR) is 125 cm³/mol. The summed E-state index contributed by atoms with van der Waals surface area (Å²) < 4.78 is 5.57. The van der Waals surface area contributed by atoms with Crippen molar-refractivity contribution < 1.29 is 29.3 Å². The van der Waals surface area contributed by atoms with Gasteiger partial charge in [0.15, 0.2) is 0 Å². The molecule has 0 aromatic heterocycles. The first-order valence-corrected chi connectivity index (χ1v) is 11.7. The van der Waals surface area contributed by atoms with Crippen LogP contribution in [0.25, 0.3) is 11.1 Å². The molecule has 1 saturated carbocycles. The maximum Gasteiger partial charge on any atom is 0.407 e. The van der Waals surface area contributed by atoms with Crippen LogP contribution >= 0.6 is 0 Å². The first-order valence-electron chi connectivity index (χ1n) is 11.7. The molecule has 0 radical (unpaired) electrons. The number of rotatable bonds is 9. The third-order valence-corrected chi connectivity index (χ3v) is 6.88. The Balaban J connectivity index is 1.30. The van der Waals surface area contributed by atoms with E-state index in [0.717, 1.165) is 35.1 Å². The van der Waals surface area contributed by atoms with E-state index in [4.69, 9.17) is 9.84 Å². The second kappa shape index (κ2) is 10.7. The van der Waals surface area contributed by atoms with Crippen molar-refractivity contribution in [3.05, 3.63) is 59.7 Å². The van der Waals surface area contributed by atoms with Gasteiger partial charge < -0.3 is 25.6 Å². The molecule has 0 saturated heterocycles. The highest BCUT2D eigenvalue weighted by Gasteiger charge is 2.35. The zero-order chi connectivity index (χ0) is 24.1. The van der Waals surface area contributed by atoms with Crippen LogP contribution in [-0.4, -0.2) is 54.0 Å². The standard InChI is InChI=1S/C26H30N2O6/c29-13-12-23(25(31)32)28-24(30)17-11-5-6-16(17)14-27-26(33)34-15-22-20-9-3-1-7-18(20)19-8-2-4-10-21(19)22/h1-4,7-10,16-17,22-23,29H,5-6,11-15H2,(H,27,33)(H,28,30)(H,31,32)/t16-,17-,23+/m1/s1. The normalized spacial score (nSPS) is 19.7. The van der Waals surface area contributed by atoms with Gasteiger partial charge in [-0.2, -0.15) is 0 Å². The van der Waals surface area contributed by atoms with Crippen LogP contribution in [0.15, 0.2) is 48.5 Å². The van der Waals surface area contributed by atoms with Gasteiger partial charge >= 0.3 is 12.1 Å². The number of fused-ring (bicyclic) bond motifs is 3. The first-order chi connectivity index (χ1) is 16.5. The van der Waals surface area contributed by atoms with E-state index >= 15 is 0 Å². The molecule has 2 aliphatic carbocycles. The molecule has 0 spiro atoms. The van der Waals surface area contributed by atoms with Crippen molar-refractivity contribution in [1.82, 2.24) is 10.6 Å². The number of aliphatic hydroxyl groups is 1. The quantitative estimate of drug-likeness (QED) is 0.450. The summed E-state index contributed by atoms with van der Waals surface area (Å²) in [6.07, 6.45) is 1.65. The molecular formula is C26H30N2O6. The van der Waals surface area contributed by atoms with Gasteiger partial charge in [-0.25, -0.2) is 9.59 Å². The Kier molecular flexibility index (Phi) is 7.47. The van der Waals surface area contributed by atoms with Crippen molar-refractivity contribution in [2.75, 3.05) is 19.8 Å². The minimum Gasteiger partial charge on any atom is -0.480 e. The number of carboxylic acids is 1. The number of nitrogens with one attached hydrogen (secondary N) is 2. The van der Waals surface area contributed by atoms with Crippen LogP contribution < -0.4 is 10.6 Å². The van der Waals surface area contributed by atoms with E-state index in [0.29, 0.717) is 6.42 Å². The maximum absolute atomic E-state index is 12.6. The fraction of sp³-hybridized carbons (Fsp3) is 0.423. The summed E-state index contributed by atoms with van der Waals surface area (Å²) in [5.41, 5.74) is 4.60. The Labute approximate surface area is 198 Å². The van der Waals surface area contributed by atoms with E-state index in [2.05, 4.69) is 34.9 Å². The summed E-state index contributed by atoms with van der Waals surface area (Å²) in [5.74, 6) is -2.02. The molecule has 1 fully saturated rings. The lowest BCUT2D eigenvalue weighted by Gasteiger charge is -2.22. The molecule has 0 unspecified atom stereocenters. The molecule has 4 N–H and O–H groups in total. The number of carbonyl (C=O) groups is 3. The fourth-order valence-electron chi connectivity index (χ4n) is 5.16. The summed E-state index contributed by atoms with van der Waals surface area (Å²) in [4.78, 5) is 36.4. The van der Waals surface area contributed by atoms with Gasteiger partial charge in [0.1, 0.15) is 12.6 Å². The minimum atomic E-state index is -1.17. The number of hydrogen-bond donors (Lipinski definition) is 4. The van der Waals surface area contributed by atoms with Crippen molar-refractivity contribution in [3.8, 4) is 11.1 Å². The van der Waals surface area contributed by atoms with E-state index in [1.54, 1.807) is 0 Å². The topological polar surface area (TPSA) is 125 Å². The smallest absolute Gasteiger partial charge is 0.407 e. The lowest BCUT2D eigenvalue weighted by atomic mass is 9.94. The monoisotopic (exact) mass is 466 g/mol. The van der Waals surface area contributed by atoms with Crippen molar-refractivity contribution in [1.29, 1.82) is 0 Å². The number of ether oxygens (including phenoxy) is 1. The Hall–Kier alpha value is -3.39. The van der Waals surface area contributed by atoms with Crippen LogP contribution in [0.4, 0.5) is 4.79 Å². The predicted octanol–water partition coefficient (Wildman–Crippen LogP) is 2.89. The zero-order valence-electron chi connectivity index (χ0n) is 18.9. The van der Waals surface area contributed by atoms with E-state index < -0.39 is 18.1 Å². The second-order valence-electron chi connectivity index (χ2n) is 8.92. The van der Waals surface area contributed by atoms with Crippen LogP contribution in [0.3, 0.4) is 0 Å². The number of aliphatic hydroxyl groups excluding tert-OH is 1. The van der Waals surface area contributed by atoms with Crippen LogP contribution in [0.1, 0.15) is 42.7 Å². The van der Waals surface area contributed by atoms with E-state index in [1.165, 1.54) is 0 Å². The summed E-state index contributed by atoms with van der Waals surface area (Å²) >= 11 is 0. The molecule has 8 heteroatoms.